The van der Waals surface area contributed by atoms with Crippen LogP contribution in [0, 0.1) is 11.8 Å². The minimum absolute atomic E-state index is 0.0484. The highest BCUT2D eigenvalue weighted by atomic mass is 19.4. The molecule has 1 aromatic rings. The summed E-state index contributed by atoms with van der Waals surface area (Å²) in [5, 5.41) is 11.2. The molecule has 0 aliphatic carbocycles. The molecule has 2 N–H and O–H groups in total. The van der Waals surface area contributed by atoms with Crippen LogP contribution in [0.4, 0.5) is 13.2 Å². The molecule has 1 aliphatic heterocycles. The molecule has 1 amide bonds. The zero-order valence-electron chi connectivity index (χ0n) is 11.9. The zero-order chi connectivity index (χ0) is 16.5. The van der Waals surface area contributed by atoms with Crippen LogP contribution >= 0.6 is 0 Å². The predicted molar refractivity (Wildman–Crippen MR) is 68.8 cm³/mol. The van der Waals surface area contributed by atoms with Crippen LogP contribution < -0.4 is 5.32 Å². The van der Waals surface area contributed by atoms with Crippen molar-refractivity contribution in [3.8, 4) is 0 Å². The molecule has 0 spiro atoms. The molecule has 0 fully saturated rings. The number of nitrogens with one attached hydrogen (secondary N) is 1. The molecule has 1 aromatic heterocycles. The summed E-state index contributed by atoms with van der Waals surface area (Å²) in [6.45, 7) is 1.83. The van der Waals surface area contributed by atoms with E-state index in [1.54, 1.807) is 0 Å². The van der Waals surface area contributed by atoms with Gasteiger partial charge in [0.05, 0.1) is 0 Å². The summed E-state index contributed by atoms with van der Waals surface area (Å²) in [5.41, 5.74) is -0.910. The number of imidazole rings is 1. The Morgan fingerprint density at radius 3 is 2.82 bits per heavy atom. The number of aryl methyl sites for hydroxylation is 1. The van der Waals surface area contributed by atoms with Gasteiger partial charge in [-0.05, 0) is 19.3 Å². The summed E-state index contributed by atoms with van der Waals surface area (Å²) in [4.78, 5) is 25.8. The number of halogens is 3. The van der Waals surface area contributed by atoms with Crippen LogP contribution in [0.15, 0.2) is 6.20 Å². The number of fused-ring (bicyclic) bond motifs is 1. The van der Waals surface area contributed by atoms with E-state index in [1.807, 2.05) is 0 Å². The largest absolute Gasteiger partial charge is 0.481 e. The topological polar surface area (TPSA) is 84.2 Å². The van der Waals surface area contributed by atoms with E-state index in [4.69, 9.17) is 5.11 Å². The maximum Gasteiger partial charge on any atom is 0.434 e. The van der Waals surface area contributed by atoms with E-state index in [0.29, 0.717) is 25.2 Å². The van der Waals surface area contributed by atoms with Gasteiger partial charge in [0.15, 0.2) is 5.69 Å². The number of nitrogens with zero attached hydrogens (tertiary/aromatic N) is 2. The Bertz CT molecular complexity index is 583. The lowest BCUT2D eigenvalue weighted by Gasteiger charge is -2.24. The third-order valence-corrected chi connectivity index (χ3v) is 3.71. The molecule has 2 atom stereocenters. The van der Waals surface area contributed by atoms with E-state index >= 15 is 0 Å². The van der Waals surface area contributed by atoms with Gasteiger partial charge in [-0.15, -0.1) is 0 Å². The molecule has 0 aromatic carbocycles. The van der Waals surface area contributed by atoms with Crippen molar-refractivity contribution in [2.24, 2.45) is 11.8 Å². The van der Waals surface area contributed by atoms with Gasteiger partial charge in [0.1, 0.15) is 11.7 Å². The molecule has 122 valence electrons. The molecule has 2 rings (SSSR count). The Balaban J connectivity index is 1.94. The number of carboxylic acids is 1. The number of carbonyl (C=O) groups is 2. The van der Waals surface area contributed by atoms with Crippen molar-refractivity contribution in [3.63, 3.8) is 0 Å². The fourth-order valence-corrected chi connectivity index (χ4v) is 2.33. The zero-order valence-corrected chi connectivity index (χ0v) is 11.9. The molecule has 22 heavy (non-hydrogen) atoms. The molecule has 0 saturated heterocycles. The number of amides is 1. The Hall–Kier alpha value is -2.06. The minimum atomic E-state index is -4.47. The molecular weight excluding hydrogens is 303 g/mol. The Morgan fingerprint density at radius 2 is 2.23 bits per heavy atom. The average Bonchev–Trinajstić information content (AvgIpc) is 2.86. The number of hydrogen-bond acceptors (Lipinski definition) is 3. The second kappa shape index (κ2) is 5.98. The van der Waals surface area contributed by atoms with Crippen molar-refractivity contribution < 1.29 is 27.9 Å². The van der Waals surface area contributed by atoms with E-state index in [2.05, 4.69) is 10.3 Å². The van der Waals surface area contributed by atoms with Gasteiger partial charge in [-0.25, -0.2) is 4.98 Å². The van der Waals surface area contributed by atoms with Crippen LogP contribution in [0.2, 0.25) is 0 Å². The van der Waals surface area contributed by atoms with Crippen LogP contribution in [0.1, 0.15) is 24.9 Å². The van der Waals surface area contributed by atoms with Gasteiger partial charge in [0, 0.05) is 25.7 Å². The first-order chi connectivity index (χ1) is 10.2. The van der Waals surface area contributed by atoms with Crippen molar-refractivity contribution in [1.29, 1.82) is 0 Å². The van der Waals surface area contributed by atoms with Gasteiger partial charge in [-0.1, -0.05) is 0 Å². The molecule has 0 bridgehead atoms. The lowest BCUT2D eigenvalue weighted by molar-refractivity contribution is -0.146. The standard InChI is InChI=1S/C13H16F3N3O3/c1-7(12(21)22)11(20)17-4-8-2-3-10-18-9(13(14,15)16)6-19(10)5-8/h6-8H,2-5H2,1H3,(H,17,20)(H,21,22). The highest BCUT2D eigenvalue weighted by Gasteiger charge is 2.35. The Labute approximate surface area is 124 Å². The maximum atomic E-state index is 12.6. The molecule has 1 aliphatic rings. The summed E-state index contributed by atoms with van der Waals surface area (Å²) in [6.07, 6.45) is -2.50. The summed E-state index contributed by atoms with van der Waals surface area (Å²) >= 11 is 0. The number of hydrogen-bond donors (Lipinski definition) is 2. The second-order valence-corrected chi connectivity index (χ2v) is 5.40. The maximum absolute atomic E-state index is 12.6. The van der Waals surface area contributed by atoms with Crippen LogP contribution in [0.5, 0.6) is 0 Å². The van der Waals surface area contributed by atoms with Crippen molar-refractivity contribution in [1.82, 2.24) is 14.9 Å². The first kappa shape index (κ1) is 16.3. The van der Waals surface area contributed by atoms with Crippen molar-refractivity contribution in [2.45, 2.75) is 32.5 Å². The second-order valence-electron chi connectivity index (χ2n) is 5.40. The highest BCUT2D eigenvalue weighted by Crippen LogP contribution is 2.30. The van der Waals surface area contributed by atoms with Gasteiger partial charge < -0.3 is 15.0 Å². The van der Waals surface area contributed by atoms with Crippen molar-refractivity contribution in [2.75, 3.05) is 6.54 Å². The smallest absolute Gasteiger partial charge is 0.434 e. The van der Waals surface area contributed by atoms with Gasteiger partial charge in [0.2, 0.25) is 5.91 Å². The number of carboxylic acid groups (broad SMARTS) is 1. The molecular formula is C13H16F3N3O3. The lowest BCUT2D eigenvalue weighted by atomic mass is 9.99. The molecule has 9 heteroatoms. The summed E-state index contributed by atoms with van der Waals surface area (Å²) < 4.78 is 39.3. The van der Waals surface area contributed by atoms with E-state index in [1.165, 1.54) is 11.5 Å². The molecule has 2 unspecified atom stereocenters. The first-order valence-electron chi connectivity index (χ1n) is 6.82. The van der Waals surface area contributed by atoms with E-state index in [9.17, 15) is 22.8 Å². The summed E-state index contributed by atoms with van der Waals surface area (Å²) in [5.74, 6) is -2.63. The lowest BCUT2D eigenvalue weighted by Crippen LogP contribution is -2.38. The number of aliphatic carboxylic acids is 1. The van der Waals surface area contributed by atoms with Gasteiger partial charge in [0.25, 0.3) is 0 Å². The molecule has 0 saturated carbocycles. The van der Waals surface area contributed by atoms with Gasteiger partial charge in [-0.2, -0.15) is 13.2 Å². The van der Waals surface area contributed by atoms with Gasteiger partial charge >= 0.3 is 12.1 Å². The van der Waals surface area contributed by atoms with E-state index < -0.39 is 29.7 Å². The first-order valence-corrected chi connectivity index (χ1v) is 6.82. The third kappa shape index (κ3) is 3.58. The Morgan fingerprint density at radius 1 is 1.55 bits per heavy atom. The third-order valence-electron chi connectivity index (χ3n) is 3.71. The number of alkyl halides is 3. The highest BCUT2D eigenvalue weighted by molar-refractivity contribution is 5.96. The summed E-state index contributed by atoms with van der Waals surface area (Å²) in [7, 11) is 0. The van der Waals surface area contributed by atoms with Crippen LogP contribution in [0.25, 0.3) is 0 Å². The Kier molecular flexibility index (Phi) is 4.43. The van der Waals surface area contributed by atoms with E-state index in [-0.39, 0.29) is 12.5 Å². The monoisotopic (exact) mass is 319 g/mol. The molecule has 0 radical (unpaired) electrons. The van der Waals surface area contributed by atoms with Crippen molar-refractivity contribution in [3.05, 3.63) is 17.7 Å². The summed E-state index contributed by atoms with van der Waals surface area (Å²) in [6, 6.07) is 0. The minimum Gasteiger partial charge on any atom is -0.481 e. The van der Waals surface area contributed by atoms with E-state index in [0.717, 1.165) is 6.20 Å². The fourth-order valence-electron chi connectivity index (χ4n) is 2.33. The average molecular weight is 319 g/mol. The van der Waals surface area contributed by atoms with Crippen LogP contribution in [-0.4, -0.2) is 33.1 Å². The molecule has 6 nitrogen and oxygen atoms in total. The number of rotatable bonds is 4. The predicted octanol–water partition coefficient (Wildman–Crippen LogP) is 1.30. The quantitative estimate of drug-likeness (QED) is 0.819. The fraction of sp³-hybridized carbons (Fsp3) is 0.615. The number of carbonyl (C=O) groups excluding carboxylic acids is 1. The molecule has 2 heterocycles. The van der Waals surface area contributed by atoms with Gasteiger partial charge in [-0.3, -0.25) is 9.59 Å². The SMILES string of the molecule is CC(C(=O)O)C(=O)NCC1CCc2nc(C(F)(F)F)cn2C1. The van der Waals surface area contributed by atoms with Crippen LogP contribution in [-0.2, 0) is 28.7 Å². The normalized spacial score (nSPS) is 19.4. The van der Waals surface area contributed by atoms with Crippen molar-refractivity contribution >= 4 is 11.9 Å². The van der Waals surface area contributed by atoms with Crippen LogP contribution in [0.3, 0.4) is 0 Å². The number of aromatic nitrogens is 2.